The Labute approximate surface area is 206 Å². The number of hydrogen-bond donors (Lipinski definition) is 1. The molecule has 0 aliphatic carbocycles. The highest BCUT2D eigenvalue weighted by atomic mass is 32.2. The minimum atomic E-state index is -3.67. The third-order valence-corrected chi connectivity index (χ3v) is 11.8. The number of nitrogens with zero attached hydrogens (tertiary/aromatic N) is 4. The van der Waals surface area contributed by atoms with Crippen LogP contribution in [0.4, 0.5) is 5.69 Å². The fraction of sp³-hybridized carbons (Fsp3) is 0.500. The van der Waals surface area contributed by atoms with Gasteiger partial charge in [-0.25, -0.2) is 21.4 Å². The Morgan fingerprint density at radius 3 is 1.74 bits per heavy atom. The molecule has 1 aromatic heterocycles. The summed E-state index contributed by atoms with van der Waals surface area (Å²) in [5.74, 6) is -0.468. The second-order valence-corrected chi connectivity index (χ2v) is 16.1. The van der Waals surface area contributed by atoms with E-state index in [0.29, 0.717) is 5.69 Å². The molecule has 1 aromatic carbocycles. The summed E-state index contributed by atoms with van der Waals surface area (Å²) in [6.45, 7) is 0.0497. The molecule has 13 nitrogen and oxygen atoms in total. The molecule has 1 N–H and O–H groups in total. The van der Waals surface area contributed by atoms with Crippen LogP contribution in [0.1, 0.15) is 0 Å². The van der Waals surface area contributed by atoms with E-state index in [1.807, 2.05) is 0 Å². The van der Waals surface area contributed by atoms with Gasteiger partial charge < -0.3 is 0 Å². The standard InChI is InChI=1S/C10H14N2O4S2.C8H14N3O4S2/c13-17(14)8-6-12(7-9-17)18(15,16)11-10-4-2-1-3-5-10;1-9-2-3-11(8-9)17(14,15)10-4-6-16(12,13)7-5-10/h1-5,11H,6-9H2;2-3,8H,4-7H2,1H3/q;+1. The number of nitrogens with one attached hydrogen (secondary N) is 1. The molecule has 0 saturated carbocycles. The molecule has 0 atom stereocenters. The van der Waals surface area contributed by atoms with Gasteiger partial charge in [-0.15, -0.1) is 3.97 Å². The van der Waals surface area contributed by atoms with Crippen molar-refractivity contribution in [1.29, 1.82) is 0 Å². The Hall–Kier alpha value is -2.05. The van der Waals surface area contributed by atoms with Gasteiger partial charge in [-0.1, -0.05) is 18.2 Å². The number of benzene rings is 1. The van der Waals surface area contributed by atoms with E-state index in [4.69, 9.17) is 0 Å². The fourth-order valence-electron chi connectivity index (χ4n) is 3.28. The summed E-state index contributed by atoms with van der Waals surface area (Å²) in [5, 5.41) is 0. The van der Waals surface area contributed by atoms with Gasteiger partial charge in [-0.2, -0.15) is 25.4 Å². The van der Waals surface area contributed by atoms with Gasteiger partial charge in [0.2, 0.25) is 0 Å². The van der Waals surface area contributed by atoms with E-state index in [1.54, 1.807) is 48.1 Å². The van der Waals surface area contributed by atoms with Gasteiger partial charge >= 0.3 is 20.4 Å². The van der Waals surface area contributed by atoms with E-state index in [0.717, 1.165) is 8.28 Å². The van der Waals surface area contributed by atoms with Crippen LogP contribution < -0.4 is 9.29 Å². The first kappa shape index (κ1) is 27.5. The number of anilines is 1. The van der Waals surface area contributed by atoms with E-state index < -0.39 is 40.1 Å². The van der Waals surface area contributed by atoms with E-state index in [9.17, 15) is 33.7 Å². The highest BCUT2D eigenvalue weighted by Gasteiger charge is 2.34. The van der Waals surface area contributed by atoms with Gasteiger partial charge in [0.05, 0.1) is 30.1 Å². The van der Waals surface area contributed by atoms with Gasteiger partial charge in [-0.05, 0) is 12.1 Å². The first-order valence-corrected chi connectivity index (χ1v) is 17.0. The number of para-hydroxylation sites is 1. The Balaban J connectivity index is 0.000000196. The predicted molar refractivity (Wildman–Crippen MR) is 129 cm³/mol. The molecule has 2 aliphatic rings. The van der Waals surface area contributed by atoms with E-state index in [-0.39, 0.29) is 49.2 Å². The number of hydrogen-bond acceptors (Lipinski definition) is 8. The van der Waals surface area contributed by atoms with Gasteiger partial charge in [-0.3, -0.25) is 4.72 Å². The number of rotatable bonds is 5. The lowest BCUT2D eigenvalue weighted by molar-refractivity contribution is -0.670. The molecule has 0 spiro atoms. The Morgan fingerprint density at radius 1 is 0.800 bits per heavy atom. The molecule has 0 radical (unpaired) electrons. The molecule has 2 saturated heterocycles. The summed E-state index contributed by atoms with van der Waals surface area (Å²) in [4.78, 5) is 0. The van der Waals surface area contributed by atoms with Crippen LogP contribution in [0.25, 0.3) is 0 Å². The molecule has 0 bridgehead atoms. The summed E-state index contributed by atoms with van der Waals surface area (Å²) in [6, 6.07) is 8.50. The van der Waals surface area contributed by atoms with Crippen LogP contribution in [0.2, 0.25) is 0 Å². The molecule has 17 heteroatoms. The number of sulfone groups is 2. The van der Waals surface area contributed by atoms with Crippen molar-refractivity contribution in [2.45, 2.75) is 0 Å². The monoisotopic (exact) mass is 570 g/mol. The summed E-state index contributed by atoms with van der Waals surface area (Å²) in [7, 11) is -11.7. The van der Waals surface area contributed by atoms with Crippen molar-refractivity contribution in [3.63, 3.8) is 0 Å². The molecular formula is C18H28N5O8S4+. The van der Waals surface area contributed by atoms with Crippen LogP contribution in [0.3, 0.4) is 0 Å². The largest absolute Gasteiger partial charge is 0.379 e. The molecule has 35 heavy (non-hydrogen) atoms. The second kappa shape index (κ2) is 10.5. The number of imidazole rings is 1. The minimum absolute atomic E-state index is 0.00446. The zero-order valence-corrected chi connectivity index (χ0v) is 22.2. The third-order valence-electron chi connectivity index (χ3n) is 5.30. The maximum Gasteiger partial charge on any atom is 0.379 e. The normalized spacial score (nSPS) is 20.9. The second-order valence-electron chi connectivity index (χ2n) is 7.99. The predicted octanol–water partition coefficient (Wildman–Crippen LogP) is -1.79. The first-order chi connectivity index (χ1) is 16.2. The van der Waals surface area contributed by atoms with Crippen molar-refractivity contribution in [3.8, 4) is 0 Å². The van der Waals surface area contributed by atoms with Crippen LogP contribution in [0.5, 0.6) is 0 Å². The summed E-state index contributed by atoms with van der Waals surface area (Å²) >= 11 is 0. The lowest BCUT2D eigenvalue weighted by Crippen LogP contribution is -2.45. The van der Waals surface area contributed by atoms with E-state index in [2.05, 4.69) is 4.72 Å². The maximum absolute atomic E-state index is 12.1. The first-order valence-electron chi connectivity index (χ1n) is 10.5. The highest BCUT2D eigenvalue weighted by Crippen LogP contribution is 2.14. The van der Waals surface area contributed by atoms with Crippen LogP contribution in [-0.4, -0.2) is 95.4 Å². The molecule has 196 valence electrons. The maximum atomic E-state index is 12.1. The Bertz CT molecular complexity index is 1430. The van der Waals surface area contributed by atoms with Crippen molar-refractivity contribution < 1.29 is 38.2 Å². The van der Waals surface area contributed by atoms with Crippen molar-refractivity contribution in [1.82, 2.24) is 12.6 Å². The molecule has 2 aliphatic heterocycles. The van der Waals surface area contributed by atoms with Crippen LogP contribution in [0, 0.1) is 0 Å². The molecule has 0 unspecified atom stereocenters. The average Bonchev–Trinajstić information content (AvgIpc) is 3.21. The third kappa shape index (κ3) is 7.47. The van der Waals surface area contributed by atoms with E-state index in [1.165, 1.54) is 16.8 Å². The van der Waals surface area contributed by atoms with Gasteiger partial charge in [0.1, 0.15) is 12.4 Å². The molecule has 0 amide bonds. The van der Waals surface area contributed by atoms with Crippen molar-refractivity contribution in [2.75, 3.05) is 53.9 Å². The zero-order chi connectivity index (χ0) is 25.9. The SMILES string of the molecule is C[n+]1ccn(S(=O)(=O)N2CCS(=O)(=O)CC2)c1.O=S1(=O)CCN(S(=O)(=O)Nc2ccccc2)CC1. The molecule has 2 fully saturated rings. The molecule has 4 rings (SSSR count). The number of aryl methyl sites for hydroxylation is 1. The summed E-state index contributed by atoms with van der Waals surface area (Å²) in [6.07, 6.45) is 4.47. The average molecular weight is 571 g/mol. The smallest absolute Gasteiger partial charge is 0.271 e. The van der Waals surface area contributed by atoms with Gasteiger partial charge in [0.25, 0.3) is 6.33 Å². The van der Waals surface area contributed by atoms with Crippen molar-refractivity contribution in [2.24, 2.45) is 7.05 Å². The lowest BCUT2D eigenvalue weighted by Gasteiger charge is -2.26. The topological polar surface area (TPSA) is 164 Å². The van der Waals surface area contributed by atoms with Gasteiger partial charge in [0.15, 0.2) is 19.7 Å². The zero-order valence-electron chi connectivity index (χ0n) is 19.0. The van der Waals surface area contributed by atoms with Crippen LogP contribution in [0.15, 0.2) is 49.1 Å². The van der Waals surface area contributed by atoms with E-state index >= 15 is 0 Å². The fourth-order valence-corrected chi connectivity index (χ4v) is 8.76. The molecule has 3 heterocycles. The summed E-state index contributed by atoms with van der Waals surface area (Å²) < 4.78 is 101. The highest BCUT2D eigenvalue weighted by molar-refractivity contribution is 7.92. The van der Waals surface area contributed by atoms with Crippen molar-refractivity contribution >= 4 is 45.8 Å². The molecule has 2 aromatic rings. The number of aromatic nitrogens is 2. The minimum Gasteiger partial charge on any atom is -0.271 e. The Morgan fingerprint density at radius 2 is 1.29 bits per heavy atom. The quantitative estimate of drug-likeness (QED) is 0.412. The summed E-state index contributed by atoms with van der Waals surface area (Å²) in [5.41, 5.74) is 0.464. The van der Waals surface area contributed by atoms with Gasteiger partial charge in [0, 0.05) is 31.9 Å². The van der Waals surface area contributed by atoms with Crippen LogP contribution >= 0.6 is 0 Å². The Kier molecular flexibility index (Phi) is 8.27. The van der Waals surface area contributed by atoms with Crippen LogP contribution in [-0.2, 0) is 47.1 Å². The lowest BCUT2D eigenvalue weighted by atomic mass is 10.3. The molecular weight excluding hydrogens is 542 g/mol. The van der Waals surface area contributed by atoms with Crippen molar-refractivity contribution in [3.05, 3.63) is 49.1 Å².